The van der Waals surface area contributed by atoms with Crippen molar-refractivity contribution in [1.29, 1.82) is 0 Å². The van der Waals surface area contributed by atoms with Crippen molar-refractivity contribution < 1.29 is 4.79 Å². The van der Waals surface area contributed by atoms with Crippen molar-refractivity contribution in [1.82, 2.24) is 29.0 Å². The van der Waals surface area contributed by atoms with E-state index in [9.17, 15) is 4.79 Å². The van der Waals surface area contributed by atoms with E-state index >= 15 is 0 Å². The molecule has 0 aliphatic rings. The van der Waals surface area contributed by atoms with E-state index in [0.29, 0.717) is 23.6 Å². The molecule has 0 saturated carbocycles. The number of pyridine rings is 1. The Labute approximate surface area is 148 Å². The zero-order valence-corrected chi connectivity index (χ0v) is 14.6. The molecule has 0 bridgehead atoms. The van der Waals surface area contributed by atoms with E-state index in [1.807, 2.05) is 45.8 Å². The molecule has 126 valence electrons. The number of amides is 1. The molecular formula is C17H16N6OS. The molecular weight excluding hydrogens is 336 g/mol. The fourth-order valence-electron chi connectivity index (χ4n) is 2.74. The quantitative estimate of drug-likeness (QED) is 0.566. The molecule has 0 aromatic carbocycles. The van der Waals surface area contributed by atoms with Crippen LogP contribution in [-0.2, 0) is 13.6 Å². The van der Waals surface area contributed by atoms with E-state index in [1.165, 1.54) is 11.3 Å². The number of nitrogens with zero attached hydrogens (tertiary/aromatic N) is 6. The second kappa shape index (κ2) is 6.14. The minimum absolute atomic E-state index is 0.0681. The molecule has 4 aromatic rings. The van der Waals surface area contributed by atoms with Gasteiger partial charge in [0.25, 0.3) is 5.91 Å². The molecule has 7 nitrogen and oxygen atoms in total. The number of carbonyl (C=O) groups excluding carboxylic acids is 1. The first kappa shape index (κ1) is 15.5. The highest BCUT2D eigenvalue weighted by Crippen LogP contribution is 2.19. The lowest BCUT2D eigenvalue weighted by Crippen LogP contribution is -2.26. The van der Waals surface area contributed by atoms with Gasteiger partial charge in [0, 0.05) is 31.9 Å². The van der Waals surface area contributed by atoms with Crippen molar-refractivity contribution in [2.45, 2.75) is 6.54 Å². The maximum absolute atomic E-state index is 12.7. The predicted octanol–water partition coefficient (Wildman–Crippen LogP) is 2.46. The molecule has 0 fully saturated rings. The predicted molar refractivity (Wildman–Crippen MR) is 95.3 cm³/mol. The van der Waals surface area contributed by atoms with Crippen molar-refractivity contribution in [3.63, 3.8) is 0 Å². The smallest absolute Gasteiger partial charge is 0.255 e. The lowest BCUT2D eigenvalue weighted by molar-refractivity contribution is 0.0783. The summed E-state index contributed by atoms with van der Waals surface area (Å²) in [7, 11) is 3.73. The summed E-state index contributed by atoms with van der Waals surface area (Å²) >= 11 is 1.52. The molecule has 0 unspecified atom stereocenters. The van der Waals surface area contributed by atoms with Gasteiger partial charge in [-0.3, -0.25) is 9.20 Å². The van der Waals surface area contributed by atoms with Crippen LogP contribution in [0.2, 0.25) is 0 Å². The third-order valence-electron chi connectivity index (χ3n) is 4.05. The molecule has 0 atom stereocenters. The topological polar surface area (TPSA) is 68.3 Å². The number of fused-ring (bicyclic) bond motifs is 1. The summed E-state index contributed by atoms with van der Waals surface area (Å²) in [6, 6.07) is 7.51. The number of hydrogen-bond donors (Lipinski definition) is 0. The summed E-state index contributed by atoms with van der Waals surface area (Å²) in [6.45, 7) is 0.479. The monoisotopic (exact) mass is 352 g/mol. The van der Waals surface area contributed by atoms with E-state index in [1.54, 1.807) is 29.7 Å². The van der Waals surface area contributed by atoms with Crippen LogP contribution >= 0.6 is 11.3 Å². The number of hydrogen-bond acceptors (Lipinski definition) is 5. The summed E-state index contributed by atoms with van der Waals surface area (Å²) in [5, 5.41) is 10.4. The normalized spacial score (nSPS) is 11.1. The van der Waals surface area contributed by atoms with Gasteiger partial charge in [-0.1, -0.05) is 0 Å². The summed E-state index contributed by atoms with van der Waals surface area (Å²) < 4.78 is 3.82. The fraction of sp³-hybridized carbons (Fsp3) is 0.176. The van der Waals surface area contributed by atoms with Crippen molar-refractivity contribution in [2.24, 2.45) is 7.05 Å². The first-order valence-electron chi connectivity index (χ1n) is 7.72. The largest absolute Gasteiger partial charge is 0.348 e. The number of aryl methyl sites for hydroxylation is 1. The van der Waals surface area contributed by atoms with Crippen LogP contribution in [0.25, 0.3) is 17.2 Å². The van der Waals surface area contributed by atoms with Gasteiger partial charge in [0.05, 0.1) is 29.0 Å². The minimum Gasteiger partial charge on any atom is -0.348 e. The molecule has 0 N–H and O–H groups in total. The minimum atomic E-state index is -0.0681. The average Bonchev–Trinajstić information content (AvgIpc) is 3.34. The van der Waals surface area contributed by atoms with E-state index < -0.39 is 0 Å². The Morgan fingerprint density at radius 2 is 2.16 bits per heavy atom. The van der Waals surface area contributed by atoms with Crippen LogP contribution in [0.15, 0.2) is 47.5 Å². The first-order chi connectivity index (χ1) is 12.1. The Hall–Kier alpha value is -3.00. The molecule has 4 heterocycles. The number of aromatic nitrogens is 5. The standard InChI is InChI=1S/C17H16N6OS/c1-21-7-3-4-14(21)16-20-19-15-6-5-12(8-23(15)16)17(24)22(2)9-13-10-25-11-18-13/h3-8,10-11H,9H2,1-2H3. The van der Waals surface area contributed by atoms with E-state index in [-0.39, 0.29) is 5.91 Å². The van der Waals surface area contributed by atoms with Crippen LogP contribution in [0.1, 0.15) is 16.1 Å². The van der Waals surface area contributed by atoms with Crippen molar-refractivity contribution in [3.8, 4) is 11.5 Å². The molecule has 0 aliphatic heterocycles. The fourth-order valence-corrected chi connectivity index (χ4v) is 3.29. The number of carbonyl (C=O) groups is 1. The van der Waals surface area contributed by atoms with Crippen LogP contribution < -0.4 is 0 Å². The number of thiazole rings is 1. The third-order valence-corrected chi connectivity index (χ3v) is 4.69. The van der Waals surface area contributed by atoms with Gasteiger partial charge < -0.3 is 9.47 Å². The van der Waals surface area contributed by atoms with Crippen LogP contribution in [0.4, 0.5) is 0 Å². The summed E-state index contributed by atoms with van der Waals surface area (Å²) in [5.74, 6) is 0.640. The Balaban J connectivity index is 1.68. The molecule has 0 radical (unpaired) electrons. The average molecular weight is 352 g/mol. The molecule has 8 heteroatoms. The third kappa shape index (κ3) is 2.80. The lowest BCUT2D eigenvalue weighted by Gasteiger charge is -2.16. The van der Waals surface area contributed by atoms with Gasteiger partial charge in [-0.25, -0.2) is 4.98 Å². The molecule has 4 aromatic heterocycles. The van der Waals surface area contributed by atoms with Crippen LogP contribution in [0, 0.1) is 0 Å². The van der Waals surface area contributed by atoms with Gasteiger partial charge in [-0.05, 0) is 24.3 Å². The maximum Gasteiger partial charge on any atom is 0.255 e. The molecule has 4 rings (SSSR count). The SMILES string of the molecule is CN(Cc1cscn1)C(=O)c1ccc2nnc(-c3cccn3C)n2c1. The molecule has 1 amide bonds. The maximum atomic E-state index is 12.7. The van der Waals surface area contributed by atoms with Crippen molar-refractivity contribution in [3.05, 3.63) is 58.8 Å². The zero-order valence-electron chi connectivity index (χ0n) is 13.8. The second-order valence-electron chi connectivity index (χ2n) is 5.81. The van der Waals surface area contributed by atoms with E-state index in [4.69, 9.17) is 0 Å². The molecule has 0 saturated heterocycles. The molecule has 25 heavy (non-hydrogen) atoms. The first-order valence-corrected chi connectivity index (χ1v) is 8.67. The van der Waals surface area contributed by atoms with Crippen molar-refractivity contribution in [2.75, 3.05) is 7.05 Å². The summed E-state index contributed by atoms with van der Waals surface area (Å²) in [4.78, 5) is 18.6. The molecule has 0 aliphatic carbocycles. The number of rotatable bonds is 4. The van der Waals surface area contributed by atoms with E-state index in [2.05, 4.69) is 15.2 Å². The van der Waals surface area contributed by atoms with Crippen LogP contribution in [0.5, 0.6) is 0 Å². The highest BCUT2D eigenvalue weighted by atomic mass is 32.1. The zero-order chi connectivity index (χ0) is 17.4. The highest BCUT2D eigenvalue weighted by molar-refractivity contribution is 7.07. The van der Waals surface area contributed by atoms with Crippen molar-refractivity contribution >= 4 is 22.9 Å². The van der Waals surface area contributed by atoms with Gasteiger partial charge in [0.15, 0.2) is 11.5 Å². The van der Waals surface area contributed by atoms with E-state index in [0.717, 1.165) is 11.4 Å². The van der Waals surface area contributed by atoms with Gasteiger partial charge >= 0.3 is 0 Å². The van der Waals surface area contributed by atoms with Gasteiger partial charge in [-0.15, -0.1) is 21.5 Å². The summed E-state index contributed by atoms with van der Waals surface area (Å²) in [6.07, 6.45) is 3.74. The molecule has 0 spiro atoms. The van der Waals surface area contributed by atoms with Crippen LogP contribution in [-0.4, -0.2) is 42.0 Å². The summed E-state index contributed by atoms with van der Waals surface area (Å²) in [5.41, 5.74) is 4.88. The Bertz CT molecular complexity index is 1030. The second-order valence-corrected chi connectivity index (χ2v) is 6.53. The highest BCUT2D eigenvalue weighted by Gasteiger charge is 2.16. The Kier molecular flexibility index (Phi) is 3.81. The Morgan fingerprint density at radius 1 is 1.28 bits per heavy atom. The Morgan fingerprint density at radius 3 is 2.88 bits per heavy atom. The van der Waals surface area contributed by atoms with Crippen LogP contribution in [0.3, 0.4) is 0 Å². The lowest BCUT2D eigenvalue weighted by atomic mass is 10.2. The van der Waals surface area contributed by atoms with Gasteiger partial charge in [0.1, 0.15) is 0 Å². The van der Waals surface area contributed by atoms with Gasteiger partial charge in [-0.2, -0.15) is 0 Å². The van der Waals surface area contributed by atoms with Gasteiger partial charge in [0.2, 0.25) is 0 Å².